The van der Waals surface area contributed by atoms with Crippen molar-refractivity contribution in [2.45, 2.75) is 19.9 Å². The lowest BCUT2D eigenvalue weighted by Gasteiger charge is -2.20. The lowest BCUT2D eigenvalue weighted by Crippen LogP contribution is -2.19. The van der Waals surface area contributed by atoms with E-state index in [1.807, 2.05) is 24.3 Å². The Balaban J connectivity index is 1.82. The summed E-state index contributed by atoms with van der Waals surface area (Å²) in [5, 5.41) is 0. The monoisotopic (exact) mass is 281 g/mol. The predicted molar refractivity (Wildman–Crippen MR) is 84.2 cm³/mol. The van der Waals surface area contributed by atoms with Crippen molar-refractivity contribution in [1.82, 2.24) is 0 Å². The molecule has 0 atom stereocenters. The smallest absolute Gasteiger partial charge is 0.159 e. The van der Waals surface area contributed by atoms with Crippen LogP contribution in [0.25, 0.3) is 0 Å². The number of hydrogen-bond donors (Lipinski definition) is 0. The summed E-state index contributed by atoms with van der Waals surface area (Å²) in [5.41, 5.74) is 4.54. The van der Waals surface area contributed by atoms with Crippen LogP contribution in [-0.4, -0.2) is 19.4 Å². The van der Waals surface area contributed by atoms with E-state index >= 15 is 0 Å². The fourth-order valence-corrected chi connectivity index (χ4v) is 2.84. The molecule has 3 heteroatoms. The van der Waals surface area contributed by atoms with Crippen LogP contribution in [0.3, 0.4) is 0 Å². The van der Waals surface area contributed by atoms with Crippen molar-refractivity contribution in [3.8, 4) is 5.75 Å². The minimum atomic E-state index is 0.129. The molecule has 0 N–H and O–H groups in total. The van der Waals surface area contributed by atoms with Crippen LogP contribution in [0, 0.1) is 0 Å². The third kappa shape index (κ3) is 2.77. The van der Waals surface area contributed by atoms with E-state index in [1.165, 1.54) is 16.8 Å². The fourth-order valence-electron chi connectivity index (χ4n) is 2.84. The van der Waals surface area contributed by atoms with Gasteiger partial charge in [-0.1, -0.05) is 12.1 Å². The van der Waals surface area contributed by atoms with Crippen LogP contribution in [0.2, 0.25) is 0 Å². The minimum absolute atomic E-state index is 0.129. The van der Waals surface area contributed by atoms with Gasteiger partial charge in [-0.15, -0.1) is 0 Å². The lowest BCUT2D eigenvalue weighted by molar-refractivity contribution is 0.101. The van der Waals surface area contributed by atoms with Crippen molar-refractivity contribution in [2.24, 2.45) is 0 Å². The Hall–Kier alpha value is -2.29. The highest BCUT2D eigenvalue weighted by Gasteiger charge is 2.20. The van der Waals surface area contributed by atoms with Crippen LogP contribution in [0.15, 0.2) is 42.5 Å². The molecule has 0 spiro atoms. The molecule has 3 rings (SSSR count). The van der Waals surface area contributed by atoms with Gasteiger partial charge in [-0.3, -0.25) is 4.79 Å². The molecule has 1 aliphatic rings. The Morgan fingerprint density at radius 2 is 2.10 bits per heavy atom. The summed E-state index contributed by atoms with van der Waals surface area (Å²) in [4.78, 5) is 13.8. The Morgan fingerprint density at radius 1 is 1.24 bits per heavy atom. The van der Waals surface area contributed by atoms with Crippen molar-refractivity contribution in [3.05, 3.63) is 59.2 Å². The number of anilines is 1. The van der Waals surface area contributed by atoms with Gasteiger partial charge in [0.2, 0.25) is 0 Å². The first-order valence-corrected chi connectivity index (χ1v) is 7.19. The van der Waals surface area contributed by atoms with E-state index in [2.05, 4.69) is 23.1 Å². The normalized spacial score (nSPS) is 13.1. The van der Waals surface area contributed by atoms with E-state index in [9.17, 15) is 4.79 Å². The first kappa shape index (κ1) is 13.7. The van der Waals surface area contributed by atoms with E-state index in [4.69, 9.17) is 4.74 Å². The maximum Gasteiger partial charge on any atom is 0.159 e. The third-order valence-electron chi connectivity index (χ3n) is 3.99. The molecule has 108 valence electrons. The fraction of sp³-hybridized carbons (Fsp3) is 0.278. The van der Waals surface area contributed by atoms with Crippen LogP contribution >= 0.6 is 0 Å². The van der Waals surface area contributed by atoms with E-state index in [-0.39, 0.29) is 5.78 Å². The zero-order valence-corrected chi connectivity index (χ0v) is 12.4. The Bertz CT molecular complexity index is 679. The number of ketones is 1. The minimum Gasteiger partial charge on any atom is -0.497 e. The molecule has 1 heterocycles. The Morgan fingerprint density at radius 3 is 2.86 bits per heavy atom. The summed E-state index contributed by atoms with van der Waals surface area (Å²) in [7, 11) is 1.69. The number of ether oxygens (including phenoxy) is 1. The summed E-state index contributed by atoms with van der Waals surface area (Å²) in [6.07, 6.45) is 1.00. The van der Waals surface area contributed by atoms with Gasteiger partial charge >= 0.3 is 0 Å². The van der Waals surface area contributed by atoms with Gasteiger partial charge in [0.1, 0.15) is 5.75 Å². The molecule has 3 nitrogen and oxygen atoms in total. The highest BCUT2D eigenvalue weighted by molar-refractivity contribution is 5.94. The predicted octanol–water partition coefficient (Wildman–Crippen LogP) is 3.46. The first-order chi connectivity index (χ1) is 10.2. The molecule has 21 heavy (non-hydrogen) atoms. The lowest BCUT2D eigenvalue weighted by atomic mass is 10.1. The van der Waals surface area contributed by atoms with Gasteiger partial charge in [0.25, 0.3) is 0 Å². The maximum atomic E-state index is 11.5. The van der Waals surface area contributed by atoms with Crippen molar-refractivity contribution in [1.29, 1.82) is 0 Å². The molecule has 0 fully saturated rings. The summed E-state index contributed by atoms with van der Waals surface area (Å²) in [6.45, 7) is 3.47. The second-order valence-corrected chi connectivity index (χ2v) is 5.42. The topological polar surface area (TPSA) is 29.5 Å². The first-order valence-electron chi connectivity index (χ1n) is 7.19. The molecule has 1 aliphatic heterocycles. The molecule has 0 aromatic heterocycles. The molecular formula is C18H19NO2. The molecule has 0 unspecified atom stereocenters. The van der Waals surface area contributed by atoms with E-state index in [0.29, 0.717) is 0 Å². The van der Waals surface area contributed by atoms with Crippen LogP contribution in [-0.2, 0) is 13.0 Å². The average Bonchev–Trinajstić information content (AvgIpc) is 2.90. The number of carbonyl (C=O) groups excluding carboxylic acids is 1. The Kier molecular flexibility index (Phi) is 3.65. The number of rotatable bonds is 4. The van der Waals surface area contributed by atoms with Gasteiger partial charge < -0.3 is 9.64 Å². The number of methoxy groups -OCH3 is 1. The van der Waals surface area contributed by atoms with Crippen molar-refractivity contribution >= 4 is 11.5 Å². The summed E-state index contributed by atoms with van der Waals surface area (Å²) in [6, 6.07) is 14.2. The molecule has 2 aromatic rings. The summed E-state index contributed by atoms with van der Waals surface area (Å²) in [5.74, 6) is 1.02. The number of nitrogens with zero attached hydrogens (tertiary/aromatic N) is 1. The van der Waals surface area contributed by atoms with Gasteiger partial charge in [-0.2, -0.15) is 0 Å². The SMILES string of the molecule is COc1cccc(CN2CCc3cc(C(C)=O)ccc32)c1. The second kappa shape index (κ2) is 5.60. The molecule has 2 aromatic carbocycles. The van der Waals surface area contributed by atoms with Crippen LogP contribution in [0.5, 0.6) is 5.75 Å². The largest absolute Gasteiger partial charge is 0.497 e. The molecule has 0 radical (unpaired) electrons. The van der Waals surface area contributed by atoms with E-state index in [0.717, 1.165) is 30.8 Å². The zero-order chi connectivity index (χ0) is 14.8. The molecule has 0 aliphatic carbocycles. The van der Waals surface area contributed by atoms with Gasteiger partial charge in [-0.25, -0.2) is 0 Å². The highest BCUT2D eigenvalue weighted by atomic mass is 16.5. The number of benzene rings is 2. The maximum absolute atomic E-state index is 11.5. The summed E-state index contributed by atoms with van der Waals surface area (Å²) >= 11 is 0. The number of carbonyl (C=O) groups is 1. The quantitative estimate of drug-likeness (QED) is 0.804. The number of fused-ring (bicyclic) bond motifs is 1. The summed E-state index contributed by atoms with van der Waals surface area (Å²) < 4.78 is 5.27. The number of Topliss-reactive ketones (excluding diaryl/α,β-unsaturated/α-hetero) is 1. The van der Waals surface area contributed by atoms with E-state index in [1.54, 1.807) is 14.0 Å². The van der Waals surface area contributed by atoms with Crippen LogP contribution in [0.1, 0.15) is 28.4 Å². The number of hydrogen-bond acceptors (Lipinski definition) is 3. The molecule has 0 saturated carbocycles. The van der Waals surface area contributed by atoms with Gasteiger partial charge in [-0.05, 0) is 54.8 Å². The van der Waals surface area contributed by atoms with Crippen LogP contribution in [0.4, 0.5) is 5.69 Å². The van der Waals surface area contributed by atoms with Gasteiger partial charge in [0, 0.05) is 24.3 Å². The van der Waals surface area contributed by atoms with Crippen molar-refractivity contribution in [3.63, 3.8) is 0 Å². The third-order valence-corrected chi connectivity index (χ3v) is 3.99. The molecule has 0 amide bonds. The zero-order valence-electron chi connectivity index (χ0n) is 12.4. The second-order valence-electron chi connectivity index (χ2n) is 5.42. The van der Waals surface area contributed by atoms with E-state index < -0.39 is 0 Å². The van der Waals surface area contributed by atoms with Crippen molar-refractivity contribution < 1.29 is 9.53 Å². The van der Waals surface area contributed by atoms with Gasteiger partial charge in [0.05, 0.1) is 7.11 Å². The average molecular weight is 281 g/mol. The molecular weight excluding hydrogens is 262 g/mol. The Labute approximate surface area is 125 Å². The van der Waals surface area contributed by atoms with Gasteiger partial charge in [0.15, 0.2) is 5.78 Å². The standard InChI is InChI=1S/C18H19NO2/c1-13(20)15-6-7-18-16(11-15)8-9-19(18)12-14-4-3-5-17(10-14)21-2/h3-7,10-11H,8-9,12H2,1-2H3. The van der Waals surface area contributed by atoms with Crippen molar-refractivity contribution in [2.75, 3.05) is 18.6 Å². The van der Waals surface area contributed by atoms with Crippen LogP contribution < -0.4 is 9.64 Å². The molecule has 0 saturated heterocycles. The molecule has 0 bridgehead atoms. The highest BCUT2D eigenvalue weighted by Crippen LogP contribution is 2.30.